The Kier molecular flexibility index (Phi) is 2.96. The normalized spacial score (nSPS) is 23.2. The Morgan fingerprint density at radius 3 is 3.20 bits per heavy atom. The van der Waals surface area contributed by atoms with E-state index < -0.39 is 0 Å². The number of thiocarbonyl (C=S) groups is 1. The molecule has 0 amide bonds. The first kappa shape index (κ1) is 7.82. The molecule has 0 saturated carbocycles. The van der Waals surface area contributed by atoms with Gasteiger partial charge in [-0.15, -0.1) is 18.3 Å². The lowest BCUT2D eigenvalue weighted by molar-refractivity contribution is 0.463. The van der Waals surface area contributed by atoms with Gasteiger partial charge in [0.25, 0.3) is 0 Å². The lowest BCUT2D eigenvalue weighted by Crippen LogP contribution is -2.24. The first-order chi connectivity index (χ1) is 4.88. The van der Waals surface area contributed by atoms with E-state index in [9.17, 15) is 0 Å². The van der Waals surface area contributed by atoms with E-state index in [-0.39, 0.29) is 0 Å². The molecule has 0 saturated heterocycles. The molecule has 0 aliphatic carbocycles. The van der Waals surface area contributed by atoms with Crippen LogP contribution in [0.15, 0.2) is 24.3 Å². The highest BCUT2D eigenvalue weighted by molar-refractivity contribution is 8.04. The molecule has 0 aromatic rings. The Morgan fingerprint density at radius 1 is 1.80 bits per heavy atom. The van der Waals surface area contributed by atoms with Crippen LogP contribution in [0, 0.1) is 0 Å². The molecule has 0 aromatic heterocycles. The summed E-state index contributed by atoms with van der Waals surface area (Å²) >= 11 is 6.57. The fourth-order valence-electron chi connectivity index (χ4n) is 0.781. The van der Waals surface area contributed by atoms with Crippen LogP contribution in [-0.2, 0) is 0 Å². The van der Waals surface area contributed by atoms with Crippen molar-refractivity contribution >= 4 is 29.3 Å². The zero-order chi connectivity index (χ0) is 7.40. The van der Waals surface area contributed by atoms with Gasteiger partial charge in [-0.2, -0.15) is 0 Å². The van der Waals surface area contributed by atoms with E-state index in [4.69, 9.17) is 12.2 Å². The summed E-state index contributed by atoms with van der Waals surface area (Å²) in [6.45, 7) is 4.54. The molecule has 0 aromatic carbocycles. The van der Waals surface area contributed by atoms with Crippen molar-refractivity contribution in [3.05, 3.63) is 24.3 Å². The molecule has 1 atom stereocenters. The van der Waals surface area contributed by atoms with Gasteiger partial charge in [0.2, 0.25) is 0 Å². The average molecular weight is 171 g/mol. The zero-order valence-electron chi connectivity index (χ0n) is 5.56. The summed E-state index contributed by atoms with van der Waals surface area (Å²) in [5.74, 6) is 0. The van der Waals surface area contributed by atoms with E-state index in [1.807, 2.05) is 12.3 Å². The Balaban J connectivity index is 2.47. The fourth-order valence-corrected chi connectivity index (χ4v) is 1.89. The third kappa shape index (κ3) is 1.61. The molecule has 1 nitrogen and oxygen atoms in total. The molecule has 1 aliphatic rings. The van der Waals surface area contributed by atoms with Crippen LogP contribution in [-0.4, -0.2) is 22.2 Å². The number of hydrogen-bond acceptors (Lipinski definition) is 3. The van der Waals surface area contributed by atoms with Crippen molar-refractivity contribution in [2.45, 2.75) is 5.37 Å². The molecule has 1 aliphatic heterocycles. The second-order valence-electron chi connectivity index (χ2n) is 1.93. The smallest absolute Gasteiger partial charge is 0.108 e. The molecule has 10 heavy (non-hydrogen) atoms. The average Bonchev–Trinajstić information content (AvgIpc) is 2.36. The summed E-state index contributed by atoms with van der Waals surface area (Å²) in [6, 6.07) is 0. The van der Waals surface area contributed by atoms with Crippen LogP contribution < -0.4 is 0 Å². The molecule has 3 heteroatoms. The maximum atomic E-state index is 4.84. The first-order valence-corrected chi connectivity index (χ1v) is 4.44. The van der Waals surface area contributed by atoms with E-state index in [1.165, 1.54) is 0 Å². The van der Waals surface area contributed by atoms with Crippen molar-refractivity contribution in [2.24, 2.45) is 0 Å². The number of hydrogen-bond donors (Lipinski definition) is 0. The minimum atomic E-state index is 0.341. The highest BCUT2D eigenvalue weighted by Crippen LogP contribution is 2.22. The largest absolute Gasteiger partial charge is 0.357 e. The van der Waals surface area contributed by atoms with Gasteiger partial charge in [0.15, 0.2) is 0 Å². The molecule has 0 bridgehead atoms. The summed E-state index contributed by atoms with van der Waals surface area (Å²) in [5.41, 5.74) is 0. The quantitative estimate of drug-likeness (QED) is 0.472. The molecule has 54 valence electrons. The van der Waals surface area contributed by atoms with Gasteiger partial charge < -0.3 is 4.90 Å². The highest BCUT2D eigenvalue weighted by Gasteiger charge is 2.14. The predicted molar refractivity (Wildman–Crippen MR) is 51.1 cm³/mol. The van der Waals surface area contributed by atoms with Crippen LogP contribution >= 0.6 is 24.0 Å². The van der Waals surface area contributed by atoms with Crippen LogP contribution in [0.3, 0.4) is 0 Å². The summed E-state index contributed by atoms with van der Waals surface area (Å²) in [7, 11) is 0. The fraction of sp³-hybridized carbons (Fsp3) is 0.286. The van der Waals surface area contributed by atoms with E-state index >= 15 is 0 Å². The topological polar surface area (TPSA) is 3.24 Å². The minimum absolute atomic E-state index is 0.341. The maximum Gasteiger partial charge on any atom is 0.108 e. The van der Waals surface area contributed by atoms with Gasteiger partial charge in [0, 0.05) is 18.1 Å². The molecule has 1 heterocycles. The van der Waals surface area contributed by atoms with Crippen molar-refractivity contribution < 1.29 is 0 Å². The standard InChI is InChI=1S/C7H9NS2/c1-2-3-8-4-5-10-7(8)6-9/h2,4-7H,1,3H2. The van der Waals surface area contributed by atoms with Gasteiger partial charge in [-0.25, -0.2) is 0 Å². The van der Waals surface area contributed by atoms with Crippen molar-refractivity contribution in [1.82, 2.24) is 4.90 Å². The summed E-state index contributed by atoms with van der Waals surface area (Å²) in [6.07, 6.45) is 3.92. The van der Waals surface area contributed by atoms with Gasteiger partial charge in [-0.05, 0) is 5.41 Å². The van der Waals surface area contributed by atoms with Gasteiger partial charge in [0.1, 0.15) is 5.37 Å². The molecule has 1 unspecified atom stereocenters. The maximum absolute atomic E-state index is 4.84. The lowest BCUT2D eigenvalue weighted by atomic mass is 10.5. The first-order valence-electron chi connectivity index (χ1n) is 3.02. The Bertz CT molecular complexity index is 165. The Morgan fingerprint density at radius 2 is 2.60 bits per heavy atom. The Labute approximate surface area is 70.8 Å². The van der Waals surface area contributed by atoms with Gasteiger partial charge >= 0.3 is 0 Å². The molecular formula is C7H9NS2. The Hall–Kier alpha value is -0.280. The van der Waals surface area contributed by atoms with Crippen molar-refractivity contribution in [3.63, 3.8) is 0 Å². The highest BCUT2D eigenvalue weighted by atomic mass is 32.2. The van der Waals surface area contributed by atoms with Gasteiger partial charge in [-0.1, -0.05) is 18.3 Å². The van der Waals surface area contributed by atoms with Gasteiger partial charge in [0.05, 0.1) is 0 Å². The second kappa shape index (κ2) is 3.78. The SMILES string of the molecule is C=CCN1C=CSC1C=S. The van der Waals surface area contributed by atoms with Gasteiger partial charge in [-0.3, -0.25) is 0 Å². The van der Waals surface area contributed by atoms with Crippen molar-refractivity contribution in [2.75, 3.05) is 6.54 Å². The molecule has 0 N–H and O–H groups in total. The summed E-state index contributed by atoms with van der Waals surface area (Å²) in [4.78, 5) is 2.14. The monoisotopic (exact) mass is 171 g/mol. The summed E-state index contributed by atoms with van der Waals surface area (Å²) < 4.78 is 0. The predicted octanol–water partition coefficient (Wildman–Crippen LogP) is 2.02. The van der Waals surface area contributed by atoms with E-state index in [1.54, 1.807) is 17.1 Å². The number of nitrogens with zero attached hydrogens (tertiary/aromatic N) is 1. The number of rotatable bonds is 3. The van der Waals surface area contributed by atoms with Crippen LogP contribution in [0.25, 0.3) is 0 Å². The minimum Gasteiger partial charge on any atom is -0.357 e. The van der Waals surface area contributed by atoms with Crippen molar-refractivity contribution in [3.8, 4) is 0 Å². The molecule has 0 fully saturated rings. The van der Waals surface area contributed by atoms with Crippen LogP contribution in [0.1, 0.15) is 0 Å². The molecule has 1 rings (SSSR count). The number of thioether (sulfide) groups is 1. The van der Waals surface area contributed by atoms with E-state index in [0.717, 1.165) is 6.54 Å². The molecule has 0 radical (unpaired) electrons. The third-order valence-electron chi connectivity index (χ3n) is 1.25. The van der Waals surface area contributed by atoms with Crippen LogP contribution in [0.4, 0.5) is 0 Å². The summed E-state index contributed by atoms with van der Waals surface area (Å²) in [5, 5.41) is 4.17. The lowest BCUT2D eigenvalue weighted by Gasteiger charge is -2.18. The van der Waals surface area contributed by atoms with E-state index in [2.05, 4.69) is 16.9 Å². The van der Waals surface area contributed by atoms with Crippen molar-refractivity contribution in [1.29, 1.82) is 0 Å². The second-order valence-corrected chi connectivity index (χ2v) is 3.23. The van der Waals surface area contributed by atoms with Crippen LogP contribution in [0.2, 0.25) is 0 Å². The van der Waals surface area contributed by atoms with E-state index in [0.29, 0.717) is 5.37 Å². The zero-order valence-corrected chi connectivity index (χ0v) is 7.20. The molecular weight excluding hydrogens is 162 g/mol. The van der Waals surface area contributed by atoms with Crippen LogP contribution in [0.5, 0.6) is 0 Å². The molecule has 0 spiro atoms. The third-order valence-corrected chi connectivity index (χ3v) is 2.65.